The number of rotatable bonds is 9. The molecule has 0 bridgehead atoms. The van der Waals surface area contributed by atoms with Crippen LogP contribution in [0.4, 0.5) is 11.4 Å². The predicted octanol–water partition coefficient (Wildman–Crippen LogP) is 6.00. The topological polar surface area (TPSA) is 62.7 Å². The molecule has 1 N–H and O–H groups in total. The first-order valence-electron chi connectivity index (χ1n) is 11.8. The number of aromatic nitrogens is 1. The van der Waals surface area contributed by atoms with Crippen LogP contribution in [0, 0.1) is 5.92 Å². The third-order valence-corrected chi connectivity index (χ3v) is 7.02. The molecule has 2 aromatic carbocycles. The van der Waals surface area contributed by atoms with Crippen molar-refractivity contribution in [1.82, 2.24) is 4.98 Å². The highest BCUT2D eigenvalue weighted by Crippen LogP contribution is 2.39. The molecule has 2 aliphatic rings. The van der Waals surface area contributed by atoms with Gasteiger partial charge in [-0.05, 0) is 110 Å². The summed E-state index contributed by atoms with van der Waals surface area (Å²) in [7, 11) is 2.10. The SMILES string of the molecule is CN(c1ccc(OCC2CC2)cc1)c1ccc2c(c1)CC[C@H]2CCc1cnccc1C(=O)O. The van der Waals surface area contributed by atoms with E-state index in [9.17, 15) is 9.90 Å². The first-order chi connectivity index (χ1) is 16.1. The molecule has 1 atom stereocenters. The highest BCUT2D eigenvalue weighted by molar-refractivity contribution is 5.89. The lowest BCUT2D eigenvalue weighted by atomic mass is 9.93. The standard InChI is InChI=1S/C28H30N2O3/c1-30(23-8-11-25(12-9-23)33-18-19-2-3-19)24-10-13-26-20(4-6-21(26)16-24)5-7-22-17-29-15-14-27(22)28(31)32/h8-17,19-20H,2-7,18H2,1H3,(H,31,32)/t20-/m0/s1. The molecular formula is C28H30N2O3. The number of hydrogen-bond donors (Lipinski definition) is 1. The van der Waals surface area contributed by atoms with E-state index in [1.807, 2.05) is 0 Å². The number of aromatic carboxylic acids is 1. The minimum atomic E-state index is -0.880. The number of carboxylic acid groups (broad SMARTS) is 1. The monoisotopic (exact) mass is 442 g/mol. The maximum absolute atomic E-state index is 11.5. The zero-order valence-corrected chi connectivity index (χ0v) is 19.0. The van der Waals surface area contributed by atoms with Crippen LogP contribution >= 0.6 is 0 Å². The second kappa shape index (κ2) is 9.26. The van der Waals surface area contributed by atoms with Gasteiger partial charge in [0.2, 0.25) is 0 Å². The van der Waals surface area contributed by atoms with Gasteiger partial charge in [-0.2, -0.15) is 0 Å². The Kier molecular flexibility index (Phi) is 6.03. The van der Waals surface area contributed by atoms with Crippen LogP contribution in [0.5, 0.6) is 5.75 Å². The van der Waals surface area contributed by atoms with Crippen LogP contribution in [-0.2, 0) is 12.8 Å². The third kappa shape index (κ3) is 4.87. The van der Waals surface area contributed by atoms with Gasteiger partial charge in [0.05, 0.1) is 12.2 Å². The summed E-state index contributed by atoms with van der Waals surface area (Å²) in [5.74, 6) is 1.28. The van der Waals surface area contributed by atoms with Gasteiger partial charge in [0.1, 0.15) is 5.75 Å². The summed E-state index contributed by atoms with van der Waals surface area (Å²) in [5, 5.41) is 9.42. The minimum Gasteiger partial charge on any atom is -0.493 e. The molecule has 0 unspecified atom stereocenters. The second-order valence-corrected chi connectivity index (χ2v) is 9.30. The van der Waals surface area contributed by atoms with Crippen molar-refractivity contribution in [3.63, 3.8) is 0 Å². The summed E-state index contributed by atoms with van der Waals surface area (Å²) in [5.41, 5.74) is 6.31. The minimum absolute atomic E-state index is 0.365. The normalized spacial score (nSPS) is 16.9. The number of ether oxygens (including phenoxy) is 1. The molecule has 5 heteroatoms. The summed E-state index contributed by atoms with van der Waals surface area (Å²) in [6.07, 6.45) is 9.68. The molecule has 1 heterocycles. The molecule has 1 aromatic heterocycles. The van der Waals surface area contributed by atoms with Crippen molar-refractivity contribution in [2.45, 2.75) is 44.4 Å². The van der Waals surface area contributed by atoms with Gasteiger partial charge >= 0.3 is 5.97 Å². The lowest BCUT2D eigenvalue weighted by molar-refractivity contribution is 0.0695. The Hall–Kier alpha value is -3.34. The van der Waals surface area contributed by atoms with Crippen LogP contribution in [0.15, 0.2) is 60.9 Å². The van der Waals surface area contributed by atoms with E-state index < -0.39 is 5.97 Å². The molecule has 3 aromatic rings. The average Bonchev–Trinajstić information content (AvgIpc) is 3.59. The zero-order chi connectivity index (χ0) is 22.8. The Morgan fingerprint density at radius 3 is 2.64 bits per heavy atom. The zero-order valence-electron chi connectivity index (χ0n) is 19.0. The highest BCUT2D eigenvalue weighted by atomic mass is 16.5. The van der Waals surface area contributed by atoms with Gasteiger partial charge in [-0.25, -0.2) is 4.79 Å². The molecule has 0 saturated heterocycles. The van der Waals surface area contributed by atoms with E-state index in [0.717, 1.165) is 55.2 Å². The number of aryl methyl sites for hydroxylation is 2. The van der Waals surface area contributed by atoms with Gasteiger partial charge in [0.15, 0.2) is 0 Å². The van der Waals surface area contributed by atoms with Crippen molar-refractivity contribution < 1.29 is 14.6 Å². The van der Waals surface area contributed by atoms with Crippen molar-refractivity contribution in [1.29, 1.82) is 0 Å². The van der Waals surface area contributed by atoms with E-state index in [4.69, 9.17) is 4.74 Å². The first kappa shape index (κ1) is 21.5. The van der Waals surface area contributed by atoms with Crippen LogP contribution in [0.25, 0.3) is 0 Å². The fourth-order valence-electron chi connectivity index (χ4n) is 4.78. The molecule has 33 heavy (non-hydrogen) atoms. The number of benzene rings is 2. The lowest BCUT2D eigenvalue weighted by Gasteiger charge is -2.21. The molecule has 0 amide bonds. The highest BCUT2D eigenvalue weighted by Gasteiger charge is 2.24. The average molecular weight is 443 g/mol. The van der Waals surface area contributed by atoms with Crippen molar-refractivity contribution in [3.8, 4) is 5.75 Å². The van der Waals surface area contributed by atoms with Gasteiger partial charge in [0, 0.05) is 30.8 Å². The van der Waals surface area contributed by atoms with E-state index in [1.165, 1.54) is 29.7 Å². The van der Waals surface area contributed by atoms with Crippen molar-refractivity contribution in [2.75, 3.05) is 18.6 Å². The molecule has 5 nitrogen and oxygen atoms in total. The molecule has 0 radical (unpaired) electrons. The Labute approximate surface area is 195 Å². The van der Waals surface area contributed by atoms with Gasteiger partial charge in [-0.3, -0.25) is 4.98 Å². The Bertz CT molecular complexity index is 1140. The van der Waals surface area contributed by atoms with Gasteiger partial charge in [0.25, 0.3) is 0 Å². The van der Waals surface area contributed by atoms with E-state index >= 15 is 0 Å². The van der Waals surface area contributed by atoms with Crippen molar-refractivity contribution in [2.24, 2.45) is 5.92 Å². The van der Waals surface area contributed by atoms with Gasteiger partial charge in [-0.15, -0.1) is 0 Å². The van der Waals surface area contributed by atoms with E-state index in [1.54, 1.807) is 18.5 Å². The van der Waals surface area contributed by atoms with E-state index in [2.05, 4.69) is 59.4 Å². The van der Waals surface area contributed by atoms with Crippen LogP contribution in [0.2, 0.25) is 0 Å². The fourth-order valence-corrected chi connectivity index (χ4v) is 4.78. The molecule has 5 rings (SSSR count). The molecule has 170 valence electrons. The van der Waals surface area contributed by atoms with Gasteiger partial charge in [-0.1, -0.05) is 6.07 Å². The lowest BCUT2D eigenvalue weighted by Crippen LogP contribution is -2.10. The summed E-state index contributed by atoms with van der Waals surface area (Å²) < 4.78 is 5.86. The van der Waals surface area contributed by atoms with E-state index in [-0.39, 0.29) is 0 Å². The van der Waals surface area contributed by atoms with Gasteiger partial charge < -0.3 is 14.7 Å². The third-order valence-electron chi connectivity index (χ3n) is 7.02. The quantitative estimate of drug-likeness (QED) is 0.440. The van der Waals surface area contributed by atoms with Crippen LogP contribution in [0.1, 0.15) is 58.6 Å². The molecular weight excluding hydrogens is 412 g/mol. The molecule has 0 aliphatic heterocycles. The number of nitrogens with zero attached hydrogens (tertiary/aromatic N) is 2. The number of fused-ring (bicyclic) bond motifs is 1. The van der Waals surface area contributed by atoms with Crippen LogP contribution < -0.4 is 9.64 Å². The van der Waals surface area contributed by atoms with E-state index in [0.29, 0.717) is 11.5 Å². The smallest absolute Gasteiger partial charge is 0.336 e. The first-order valence-corrected chi connectivity index (χ1v) is 11.8. The number of carboxylic acids is 1. The van der Waals surface area contributed by atoms with Crippen LogP contribution in [-0.4, -0.2) is 29.7 Å². The molecule has 0 spiro atoms. The Morgan fingerprint density at radius 2 is 1.88 bits per heavy atom. The Balaban J connectivity index is 1.24. The maximum atomic E-state index is 11.5. The predicted molar refractivity (Wildman–Crippen MR) is 130 cm³/mol. The largest absolute Gasteiger partial charge is 0.493 e. The molecule has 1 saturated carbocycles. The summed E-state index contributed by atoms with van der Waals surface area (Å²) in [4.78, 5) is 17.8. The number of carbonyl (C=O) groups is 1. The number of hydrogen-bond acceptors (Lipinski definition) is 4. The van der Waals surface area contributed by atoms with Crippen LogP contribution in [0.3, 0.4) is 0 Å². The van der Waals surface area contributed by atoms with Crippen molar-refractivity contribution in [3.05, 3.63) is 83.2 Å². The Morgan fingerprint density at radius 1 is 1.09 bits per heavy atom. The summed E-state index contributed by atoms with van der Waals surface area (Å²) in [6.45, 7) is 0.833. The fraction of sp³-hybridized carbons (Fsp3) is 0.357. The number of pyridine rings is 1. The molecule has 2 aliphatic carbocycles. The maximum Gasteiger partial charge on any atom is 0.336 e. The summed E-state index contributed by atoms with van der Waals surface area (Å²) in [6, 6.07) is 16.7. The van der Waals surface area contributed by atoms with Crippen molar-refractivity contribution >= 4 is 17.3 Å². The number of anilines is 2. The summed E-state index contributed by atoms with van der Waals surface area (Å²) >= 11 is 0. The molecule has 1 fully saturated rings. The second-order valence-electron chi connectivity index (χ2n) is 9.30.